The Labute approximate surface area is 127 Å². The number of carbonyl (C=O) groups is 2. The smallest absolute Gasteiger partial charge is 0.315 e. The van der Waals surface area contributed by atoms with Crippen molar-refractivity contribution in [3.8, 4) is 0 Å². The van der Waals surface area contributed by atoms with E-state index in [0.29, 0.717) is 13.2 Å². The van der Waals surface area contributed by atoms with Crippen molar-refractivity contribution in [3.63, 3.8) is 0 Å². The van der Waals surface area contributed by atoms with Crippen LogP contribution < -0.4 is 10.6 Å². The molecule has 0 saturated carbocycles. The highest BCUT2D eigenvalue weighted by Crippen LogP contribution is 2.21. The minimum atomic E-state index is -0.917. The van der Waals surface area contributed by atoms with Gasteiger partial charge in [-0.3, -0.25) is 4.79 Å². The Balaban J connectivity index is 3.91. The largest absolute Gasteiger partial charge is 0.481 e. The molecule has 0 aliphatic heterocycles. The van der Waals surface area contributed by atoms with E-state index in [1.165, 1.54) is 0 Å². The van der Waals surface area contributed by atoms with Gasteiger partial charge >= 0.3 is 12.0 Å². The Morgan fingerprint density at radius 2 is 1.81 bits per heavy atom. The molecule has 2 amide bonds. The molecule has 124 valence electrons. The van der Waals surface area contributed by atoms with Crippen LogP contribution in [0.15, 0.2) is 0 Å². The maximum Gasteiger partial charge on any atom is 0.315 e. The number of rotatable bonds is 10. The summed E-state index contributed by atoms with van der Waals surface area (Å²) in [6.07, 6.45) is 2.82. The number of ether oxygens (including phenoxy) is 1. The quantitative estimate of drug-likeness (QED) is 0.541. The number of carboxylic acid groups (broad SMARTS) is 1. The van der Waals surface area contributed by atoms with Crippen LogP contribution in [-0.4, -0.2) is 42.9 Å². The van der Waals surface area contributed by atoms with E-state index >= 15 is 0 Å². The molecule has 0 saturated heterocycles. The zero-order chi connectivity index (χ0) is 16.3. The Morgan fingerprint density at radius 3 is 2.33 bits per heavy atom. The fourth-order valence-electron chi connectivity index (χ4n) is 1.68. The third-order valence-corrected chi connectivity index (χ3v) is 3.12. The van der Waals surface area contributed by atoms with E-state index < -0.39 is 12.0 Å². The summed E-state index contributed by atoms with van der Waals surface area (Å²) in [5.41, 5.74) is -0.307. The normalized spacial score (nSPS) is 12.8. The van der Waals surface area contributed by atoms with Gasteiger partial charge in [-0.25, -0.2) is 4.79 Å². The van der Waals surface area contributed by atoms with Crippen molar-refractivity contribution in [2.45, 2.75) is 59.4 Å². The summed E-state index contributed by atoms with van der Waals surface area (Å²) in [4.78, 5) is 22.6. The highest BCUT2D eigenvalue weighted by molar-refractivity contribution is 5.75. The number of aliphatic carboxylic acids is 1. The van der Waals surface area contributed by atoms with Crippen molar-refractivity contribution in [2.75, 3.05) is 19.8 Å². The zero-order valence-corrected chi connectivity index (χ0v) is 13.7. The number of nitrogens with one attached hydrogen (secondary N) is 2. The molecule has 0 heterocycles. The Morgan fingerprint density at radius 1 is 1.19 bits per heavy atom. The van der Waals surface area contributed by atoms with Gasteiger partial charge in [0, 0.05) is 25.8 Å². The maximum absolute atomic E-state index is 11.8. The van der Waals surface area contributed by atoms with Gasteiger partial charge in [-0.05, 0) is 18.3 Å². The van der Waals surface area contributed by atoms with Gasteiger partial charge in [0.15, 0.2) is 0 Å². The monoisotopic (exact) mass is 302 g/mol. The second kappa shape index (κ2) is 10.4. The van der Waals surface area contributed by atoms with Crippen molar-refractivity contribution in [1.29, 1.82) is 0 Å². The molecule has 0 spiro atoms. The van der Waals surface area contributed by atoms with Crippen LogP contribution in [0.1, 0.15) is 53.4 Å². The highest BCUT2D eigenvalue weighted by atomic mass is 16.5. The lowest BCUT2D eigenvalue weighted by atomic mass is 9.85. The van der Waals surface area contributed by atoms with Crippen LogP contribution in [0.25, 0.3) is 0 Å². The third kappa shape index (κ3) is 11.1. The highest BCUT2D eigenvalue weighted by Gasteiger charge is 2.28. The molecule has 0 aromatic carbocycles. The first kappa shape index (κ1) is 19.7. The van der Waals surface area contributed by atoms with Crippen molar-refractivity contribution in [3.05, 3.63) is 0 Å². The molecule has 0 aliphatic carbocycles. The predicted molar refractivity (Wildman–Crippen MR) is 82.4 cm³/mol. The maximum atomic E-state index is 11.8. The van der Waals surface area contributed by atoms with Crippen molar-refractivity contribution in [1.82, 2.24) is 10.6 Å². The number of amides is 2. The van der Waals surface area contributed by atoms with Gasteiger partial charge in [0.1, 0.15) is 0 Å². The average molecular weight is 302 g/mol. The second-order valence-corrected chi connectivity index (χ2v) is 6.24. The van der Waals surface area contributed by atoms with E-state index in [1.54, 1.807) is 0 Å². The SMILES string of the molecule is CCCCOCCCNC(=O)NC(CC(=O)O)C(C)(C)C. The topological polar surface area (TPSA) is 87.7 Å². The first-order valence-electron chi connectivity index (χ1n) is 7.61. The van der Waals surface area contributed by atoms with Crippen molar-refractivity contribution >= 4 is 12.0 Å². The summed E-state index contributed by atoms with van der Waals surface area (Å²) in [7, 11) is 0. The summed E-state index contributed by atoms with van der Waals surface area (Å²) in [6, 6.07) is -0.736. The predicted octanol–water partition coefficient (Wildman–Crippen LogP) is 2.38. The number of hydrogen-bond acceptors (Lipinski definition) is 3. The van der Waals surface area contributed by atoms with E-state index in [-0.39, 0.29) is 17.9 Å². The molecule has 1 unspecified atom stereocenters. The average Bonchev–Trinajstić information content (AvgIpc) is 2.35. The van der Waals surface area contributed by atoms with E-state index in [9.17, 15) is 9.59 Å². The lowest BCUT2D eigenvalue weighted by Gasteiger charge is -2.30. The van der Waals surface area contributed by atoms with Crippen molar-refractivity contribution < 1.29 is 19.4 Å². The molecule has 0 aromatic rings. The van der Waals surface area contributed by atoms with E-state index in [1.807, 2.05) is 20.8 Å². The zero-order valence-electron chi connectivity index (χ0n) is 13.7. The lowest BCUT2D eigenvalue weighted by Crippen LogP contribution is -2.49. The standard InChI is InChI=1S/C15H30N2O4/c1-5-6-9-21-10-7-8-16-14(20)17-12(11-13(18)19)15(2,3)4/h12H,5-11H2,1-4H3,(H,18,19)(H2,16,17,20). The van der Waals surface area contributed by atoms with Gasteiger partial charge in [-0.2, -0.15) is 0 Å². The molecule has 0 aromatic heterocycles. The summed E-state index contributed by atoms with van der Waals surface area (Å²) >= 11 is 0. The molecule has 3 N–H and O–H groups in total. The molecule has 0 bridgehead atoms. The second-order valence-electron chi connectivity index (χ2n) is 6.24. The molecule has 21 heavy (non-hydrogen) atoms. The number of carboxylic acids is 1. The summed E-state index contributed by atoms with van der Waals surface area (Å²) in [5.74, 6) is -0.917. The van der Waals surface area contributed by atoms with Gasteiger partial charge < -0.3 is 20.5 Å². The number of urea groups is 1. The molecule has 0 aliphatic rings. The molecule has 0 radical (unpaired) electrons. The molecule has 6 nitrogen and oxygen atoms in total. The van der Waals surface area contributed by atoms with E-state index in [4.69, 9.17) is 9.84 Å². The van der Waals surface area contributed by atoms with Crippen LogP contribution >= 0.6 is 0 Å². The summed E-state index contributed by atoms with van der Waals surface area (Å²) in [5, 5.41) is 14.3. The molecule has 0 fully saturated rings. The van der Waals surface area contributed by atoms with Gasteiger partial charge in [0.05, 0.1) is 6.42 Å². The van der Waals surface area contributed by atoms with E-state index in [0.717, 1.165) is 25.9 Å². The molecular formula is C15H30N2O4. The van der Waals surface area contributed by atoms with Gasteiger partial charge in [-0.15, -0.1) is 0 Å². The first-order valence-corrected chi connectivity index (χ1v) is 7.61. The Bertz CT molecular complexity index is 313. The molecule has 1 atom stereocenters. The molecule has 6 heteroatoms. The van der Waals surface area contributed by atoms with Crippen LogP contribution in [0.3, 0.4) is 0 Å². The Hall–Kier alpha value is -1.30. The van der Waals surface area contributed by atoms with Gasteiger partial charge in [0.25, 0.3) is 0 Å². The fraction of sp³-hybridized carbons (Fsp3) is 0.867. The van der Waals surface area contributed by atoms with Crippen molar-refractivity contribution in [2.24, 2.45) is 5.41 Å². The lowest BCUT2D eigenvalue weighted by molar-refractivity contribution is -0.138. The van der Waals surface area contributed by atoms with Crippen LogP contribution in [-0.2, 0) is 9.53 Å². The third-order valence-electron chi connectivity index (χ3n) is 3.12. The first-order chi connectivity index (χ1) is 9.77. The summed E-state index contributed by atoms with van der Waals surface area (Å²) < 4.78 is 5.39. The van der Waals surface area contributed by atoms with Crippen LogP contribution in [0, 0.1) is 5.41 Å². The number of carbonyl (C=O) groups excluding carboxylic acids is 1. The van der Waals surface area contributed by atoms with E-state index in [2.05, 4.69) is 17.6 Å². The summed E-state index contributed by atoms with van der Waals surface area (Å²) in [6.45, 7) is 9.72. The molecular weight excluding hydrogens is 272 g/mol. The minimum absolute atomic E-state index is 0.0863. The van der Waals surface area contributed by atoms with Gasteiger partial charge in [-0.1, -0.05) is 34.1 Å². The molecule has 0 rings (SSSR count). The van der Waals surface area contributed by atoms with Gasteiger partial charge in [0.2, 0.25) is 0 Å². The number of unbranched alkanes of at least 4 members (excludes halogenated alkanes) is 1. The fourth-order valence-corrected chi connectivity index (χ4v) is 1.68. The minimum Gasteiger partial charge on any atom is -0.481 e. The van der Waals surface area contributed by atoms with Crippen LogP contribution in [0.2, 0.25) is 0 Å². The van der Waals surface area contributed by atoms with Crippen LogP contribution in [0.5, 0.6) is 0 Å². The number of hydrogen-bond donors (Lipinski definition) is 3. The van der Waals surface area contributed by atoms with Crippen LogP contribution in [0.4, 0.5) is 4.79 Å². The Kier molecular flexibility index (Phi) is 9.78.